The average molecular weight is 334 g/mol. The van der Waals surface area contributed by atoms with Crippen LogP contribution in [0.5, 0.6) is 0 Å². The van der Waals surface area contributed by atoms with Crippen LogP contribution in [0.3, 0.4) is 0 Å². The molecule has 0 unspecified atom stereocenters. The van der Waals surface area contributed by atoms with Crippen LogP contribution in [0.1, 0.15) is 15.4 Å². The number of nitrogens with one attached hydrogen (secondary N) is 1. The zero-order chi connectivity index (χ0) is 15.8. The highest BCUT2D eigenvalue weighted by Gasteiger charge is 2.22. The molecule has 0 atom stereocenters. The second-order valence-corrected chi connectivity index (χ2v) is 7.06. The van der Waals surface area contributed by atoms with E-state index in [0.29, 0.717) is 17.1 Å². The van der Waals surface area contributed by atoms with E-state index >= 15 is 0 Å². The van der Waals surface area contributed by atoms with Gasteiger partial charge in [0.05, 0.1) is 22.5 Å². The molecule has 2 aromatic rings. The number of carboxylic acids is 1. The van der Waals surface area contributed by atoms with E-state index in [4.69, 9.17) is 5.11 Å². The molecule has 1 heterocycles. The first-order valence-electron chi connectivity index (χ1n) is 5.38. The van der Waals surface area contributed by atoms with Gasteiger partial charge in [-0.1, -0.05) is 0 Å². The van der Waals surface area contributed by atoms with Gasteiger partial charge in [0.2, 0.25) is 0 Å². The summed E-state index contributed by atoms with van der Waals surface area (Å²) in [6, 6.07) is 0.887. The van der Waals surface area contributed by atoms with Gasteiger partial charge in [0.15, 0.2) is 4.21 Å². The van der Waals surface area contributed by atoms with Gasteiger partial charge in [-0.2, -0.15) is 0 Å². The van der Waals surface area contributed by atoms with Crippen molar-refractivity contribution in [3.63, 3.8) is 0 Å². The number of nitrogens with zero attached hydrogens (tertiary/aromatic N) is 1. The molecule has 0 saturated heterocycles. The Balaban J connectivity index is 2.44. The lowest BCUT2D eigenvalue weighted by Crippen LogP contribution is -2.14. The molecule has 0 bridgehead atoms. The number of aryl methyl sites for hydroxylation is 1. The highest BCUT2D eigenvalue weighted by Crippen LogP contribution is 2.25. The minimum Gasteiger partial charge on any atom is -0.478 e. The fourth-order valence-corrected chi connectivity index (χ4v) is 3.62. The maximum absolute atomic E-state index is 13.6. The summed E-state index contributed by atoms with van der Waals surface area (Å²) in [6.45, 7) is 1.59. The number of sulfonamides is 1. The summed E-state index contributed by atoms with van der Waals surface area (Å²) in [7, 11) is -4.12. The monoisotopic (exact) mass is 334 g/mol. The minimum atomic E-state index is -4.12. The molecule has 2 N–H and O–H groups in total. The number of hydrogen-bond donors (Lipinski definition) is 2. The van der Waals surface area contributed by atoms with Gasteiger partial charge in [-0.25, -0.2) is 27.0 Å². The van der Waals surface area contributed by atoms with Crippen molar-refractivity contribution in [2.24, 2.45) is 0 Å². The minimum absolute atomic E-state index is 0.166. The van der Waals surface area contributed by atoms with Crippen LogP contribution in [0.15, 0.2) is 22.5 Å². The molecule has 6 nitrogen and oxygen atoms in total. The smallest absolute Gasteiger partial charge is 0.338 e. The second-order valence-electron chi connectivity index (χ2n) is 3.92. The van der Waals surface area contributed by atoms with E-state index < -0.39 is 38.9 Å². The third-order valence-corrected chi connectivity index (χ3v) is 5.14. The van der Waals surface area contributed by atoms with Gasteiger partial charge < -0.3 is 5.11 Å². The van der Waals surface area contributed by atoms with E-state index in [1.807, 2.05) is 4.72 Å². The van der Waals surface area contributed by atoms with Crippen molar-refractivity contribution < 1.29 is 27.1 Å². The molecule has 21 heavy (non-hydrogen) atoms. The van der Waals surface area contributed by atoms with Crippen molar-refractivity contribution >= 4 is 33.0 Å². The Morgan fingerprint density at radius 2 is 2.00 bits per heavy atom. The van der Waals surface area contributed by atoms with E-state index in [2.05, 4.69) is 4.98 Å². The number of thiazole rings is 1. The topological polar surface area (TPSA) is 96.4 Å². The number of aromatic carboxylic acids is 1. The number of benzene rings is 1. The highest BCUT2D eigenvalue weighted by molar-refractivity contribution is 7.94. The first-order chi connectivity index (χ1) is 9.70. The Bertz CT molecular complexity index is 818. The summed E-state index contributed by atoms with van der Waals surface area (Å²) in [5.74, 6) is -4.15. The number of hydrogen-bond acceptors (Lipinski definition) is 5. The molecule has 0 radical (unpaired) electrons. The van der Waals surface area contributed by atoms with Gasteiger partial charge in [0.1, 0.15) is 11.6 Å². The van der Waals surface area contributed by atoms with Crippen molar-refractivity contribution in [3.05, 3.63) is 40.5 Å². The van der Waals surface area contributed by atoms with Crippen LogP contribution in [0.2, 0.25) is 0 Å². The van der Waals surface area contributed by atoms with Crippen LogP contribution >= 0.6 is 11.3 Å². The van der Waals surface area contributed by atoms with Crippen LogP contribution in [-0.2, 0) is 10.0 Å². The Labute approximate surface area is 122 Å². The van der Waals surface area contributed by atoms with Crippen molar-refractivity contribution in [3.8, 4) is 0 Å². The predicted octanol–water partition coefficient (Wildman–Crippen LogP) is 2.23. The largest absolute Gasteiger partial charge is 0.478 e. The number of aromatic nitrogens is 1. The van der Waals surface area contributed by atoms with Crippen LogP contribution in [0.4, 0.5) is 14.5 Å². The maximum Gasteiger partial charge on any atom is 0.338 e. The van der Waals surface area contributed by atoms with Gasteiger partial charge in [0, 0.05) is 6.07 Å². The maximum atomic E-state index is 13.6. The SMILES string of the molecule is Cc1ncc(S(=O)(=O)Nc2cc(C(=O)O)c(F)cc2F)s1. The van der Waals surface area contributed by atoms with Gasteiger partial charge >= 0.3 is 5.97 Å². The second kappa shape index (κ2) is 5.37. The summed E-state index contributed by atoms with van der Waals surface area (Å²) in [5, 5.41) is 9.24. The number of carboxylic acid groups (broad SMARTS) is 1. The molecule has 0 saturated carbocycles. The van der Waals surface area contributed by atoms with Gasteiger partial charge in [-0.05, 0) is 13.0 Å². The lowest BCUT2D eigenvalue weighted by Gasteiger charge is -2.08. The molecule has 112 valence electrons. The first-order valence-corrected chi connectivity index (χ1v) is 7.68. The zero-order valence-electron chi connectivity index (χ0n) is 10.4. The van der Waals surface area contributed by atoms with Crippen molar-refractivity contribution in [1.82, 2.24) is 4.98 Å². The molecule has 1 aromatic carbocycles. The molecular formula is C11H8F2N2O4S2. The van der Waals surface area contributed by atoms with Gasteiger partial charge in [-0.3, -0.25) is 4.72 Å². The summed E-state index contributed by atoms with van der Waals surface area (Å²) >= 11 is 0.859. The molecule has 0 aliphatic heterocycles. The molecule has 2 rings (SSSR count). The Kier molecular flexibility index (Phi) is 3.92. The van der Waals surface area contributed by atoms with Crippen LogP contribution in [-0.4, -0.2) is 24.5 Å². The Morgan fingerprint density at radius 3 is 2.52 bits per heavy atom. The van der Waals surface area contributed by atoms with E-state index in [-0.39, 0.29) is 4.21 Å². The summed E-state index contributed by atoms with van der Waals surface area (Å²) in [4.78, 5) is 14.5. The fourth-order valence-electron chi connectivity index (χ4n) is 1.45. The molecule has 10 heteroatoms. The number of carbonyl (C=O) groups is 1. The highest BCUT2D eigenvalue weighted by atomic mass is 32.2. The third-order valence-electron chi connectivity index (χ3n) is 2.40. The van der Waals surface area contributed by atoms with Gasteiger partial charge in [-0.15, -0.1) is 11.3 Å². The van der Waals surface area contributed by atoms with Crippen LogP contribution in [0, 0.1) is 18.6 Å². The number of rotatable bonds is 4. The molecule has 0 aliphatic carbocycles. The van der Waals surface area contributed by atoms with Crippen LogP contribution < -0.4 is 4.72 Å². The molecule has 0 fully saturated rings. The van der Waals surface area contributed by atoms with Crippen LogP contribution in [0.25, 0.3) is 0 Å². The number of halogens is 2. The Hall–Kier alpha value is -2.07. The standard InChI is InChI=1S/C11H8F2N2O4S2/c1-5-14-4-10(20-5)21(18,19)15-9-2-6(11(16)17)7(12)3-8(9)13/h2-4,15H,1H3,(H,16,17). The third kappa shape index (κ3) is 3.16. The average Bonchev–Trinajstić information content (AvgIpc) is 2.79. The summed E-state index contributed by atoms with van der Waals surface area (Å²) < 4.78 is 52.5. The molecule has 0 aliphatic rings. The van der Waals surface area contributed by atoms with Crippen molar-refractivity contribution in [2.75, 3.05) is 4.72 Å². The summed E-state index contributed by atoms with van der Waals surface area (Å²) in [5.41, 5.74) is -1.49. The van der Waals surface area contributed by atoms with E-state index in [9.17, 15) is 22.0 Å². The normalized spacial score (nSPS) is 11.4. The van der Waals surface area contributed by atoms with Gasteiger partial charge in [0.25, 0.3) is 10.0 Å². The molecular weight excluding hydrogens is 326 g/mol. The van der Waals surface area contributed by atoms with E-state index in [1.54, 1.807) is 6.92 Å². The first kappa shape index (κ1) is 15.3. The molecule has 1 aromatic heterocycles. The number of anilines is 1. The van der Waals surface area contributed by atoms with E-state index in [0.717, 1.165) is 17.5 Å². The summed E-state index contributed by atoms with van der Waals surface area (Å²) in [6.07, 6.45) is 1.09. The molecule has 0 spiro atoms. The quantitative estimate of drug-likeness (QED) is 0.894. The lowest BCUT2D eigenvalue weighted by atomic mass is 10.2. The van der Waals surface area contributed by atoms with Crippen molar-refractivity contribution in [1.29, 1.82) is 0 Å². The van der Waals surface area contributed by atoms with Crippen molar-refractivity contribution in [2.45, 2.75) is 11.1 Å². The lowest BCUT2D eigenvalue weighted by molar-refractivity contribution is 0.0692. The Morgan fingerprint density at radius 1 is 1.33 bits per heavy atom. The molecule has 0 amide bonds. The predicted molar refractivity (Wildman–Crippen MR) is 71.0 cm³/mol. The fraction of sp³-hybridized carbons (Fsp3) is 0.0909. The zero-order valence-corrected chi connectivity index (χ0v) is 12.1. The van der Waals surface area contributed by atoms with E-state index in [1.165, 1.54) is 0 Å².